The van der Waals surface area contributed by atoms with Gasteiger partial charge in [0.2, 0.25) is 0 Å². The van der Waals surface area contributed by atoms with Gasteiger partial charge in [-0.1, -0.05) is 31.5 Å². The number of hydrogen-bond acceptors (Lipinski definition) is 4. The molecule has 0 radical (unpaired) electrons. The molecule has 0 saturated carbocycles. The van der Waals surface area contributed by atoms with E-state index >= 15 is 0 Å². The monoisotopic (exact) mass is 311 g/mol. The van der Waals surface area contributed by atoms with E-state index in [1.54, 1.807) is 0 Å². The Balaban J connectivity index is 2.25. The molecule has 21 heavy (non-hydrogen) atoms. The third kappa shape index (κ3) is 6.06. The fourth-order valence-corrected chi connectivity index (χ4v) is 3.11. The van der Waals surface area contributed by atoms with E-state index in [0.29, 0.717) is 11.9 Å². The third-order valence-electron chi connectivity index (χ3n) is 4.19. The summed E-state index contributed by atoms with van der Waals surface area (Å²) in [5, 5.41) is 14.0. The van der Waals surface area contributed by atoms with Gasteiger partial charge in [0.25, 0.3) is 0 Å². The number of amidine groups is 1. The quantitative estimate of drug-likeness (QED) is 0.241. The Morgan fingerprint density at radius 3 is 2.76 bits per heavy atom. The topological polar surface area (TPSA) is 61.8 Å². The van der Waals surface area contributed by atoms with Gasteiger partial charge in [-0.05, 0) is 51.2 Å². The van der Waals surface area contributed by atoms with E-state index in [0.717, 1.165) is 32.2 Å². The Morgan fingerprint density at radius 2 is 2.19 bits per heavy atom. The minimum absolute atomic E-state index is 0.226. The molecule has 0 aliphatic heterocycles. The van der Waals surface area contributed by atoms with E-state index in [4.69, 9.17) is 10.9 Å². The van der Waals surface area contributed by atoms with Gasteiger partial charge in [0, 0.05) is 16.3 Å². The lowest BCUT2D eigenvalue weighted by Crippen LogP contribution is -2.33. The van der Waals surface area contributed by atoms with Crippen molar-refractivity contribution in [1.82, 2.24) is 4.90 Å². The molecule has 1 atom stereocenters. The predicted octanol–water partition coefficient (Wildman–Crippen LogP) is 3.55. The molecule has 5 heteroatoms. The first-order valence-corrected chi connectivity index (χ1v) is 8.45. The number of rotatable bonds is 9. The van der Waals surface area contributed by atoms with E-state index in [1.165, 1.54) is 4.88 Å². The number of hydrogen-bond donors (Lipinski definition) is 2. The molecule has 0 spiro atoms. The minimum atomic E-state index is -0.226. The molecule has 1 rings (SSSR count). The number of nitrogens with zero attached hydrogens (tertiary/aromatic N) is 2. The van der Waals surface area contributed by atoms with E-state index in [2.05, 4.69) is 41.5 Å². The minimum Gasteiger partial charge on any atom is -0.409 e. The molecular weight excluding hydrogens is 282 g/mol. The van der Waals surface area contributed by atoms with E-state index in [1.807, 2.05) is 25.2 Å². The van der Waals surface area contributed by atoms with Crippen LogP contribution in [0.4, 0.5) is 0 Å². The second-order valence-electron chi connectivity index (χ2n) is 6.44. The van der Waals surface area contributed by atoms with Crippen molar-refractivity contribution in [3.8, 4) is 0 Å². The van der Waals surface area contributed by atoms with Crippen molar-refractivity contribution in [3.63, 3.8) is 0 Å². The first-order valence-electron chi connectivity index (χ1n) is 7.57. The van der Waals surface area contributed by atoms with Gasteiger partial charge >= 0.3 is 0 Å². The Bertz CT molecular complexity index is 429. The van der Waals surface area contributed by atoms with Crippen molar-refractivity contribution >= 4 is 17.2 Å². The Kier molecular flexibility index (Phi) is 7.18. The average molecular weight is 311 g/mol. The molecule has 0 amide bonds. The number of unbranched alkanes of at least 4 members (excludes halogenated alkanes) is 1. The predicted molar refractivity (Wildman–Crippen MR) is 91.2 cm³/mol. The summed E-state index contributed by atoms with van der Waals surface area (Å²) in [4.78, 5) is 3.86. The fraction of sp³-hybridized carbons (Fsp3) is 0.688. The van der Waals surface area contributed by atoms with Gasteiger partial charge < -0.3 is 15.8 Å². The van der Waals surface area contributed by atoms with Crippen molar-refractivity contribution in [3.05, 3.63) is 22.4 Å². The van der Waals surface area contributed by atoms with E-state index in [9.17, 15) is 0 Å². The molecule has 0 saturated heterocycles. The molecule has 1 heterocycles. The van der Waals surface area contributed by atoms with Crippen LogP contribution in [0.1, 0.15) is 44.9 Å². The van der Waals surface area contributed by atoms with Crippen LogP contribution in [0, 0.1) is 5.41 Å². The van der Waals surface area contributed by atoms with Crippen LogP contribution in [0.25, 0.3) is 0 Å². The summed E-state index contributed by atoms with van der Waals surface area (Å²) in [6.45, 7) is 7.40. The van der Waals surface area contributed by atoms with Gasteiger partial charge in [-0.25, -0.2) is 0 Å². The summed E-state index contributed by atoms with van der Waals surface area (Å²) in [5.74, 6) is 0.321. The van der Waals surface area contributed by atoms with Crippen LogP contribution in [0.2, 0.25) is 0 Å². The molecule has 4 nitrogen and oxygen atoms in total. The first kappa shape index (κ1) is 18.0. The standard InChI is InChI=1S/C16H29N3OS/c1-13(12-14-8-7-11-21-14)19(4)10-6-5-9-16(2,3)15(17)18-20/h7-8,11,13,20H,5-6,9-10,12H2,1-4H3,(H2,17,18). The Morgan fingerprint density at radius 1 is 1.48 bits per heavy atom. The molecule has 3 N–H and O–H groups in total. The number of oxime groups is 1. The second kappa shape index (κ2) is 8.39. The van der Waals surface area contributed by atoms with Crippen LogP contribution in [-0.2, 0) is 6.42 Å². The van der Waals surface area contributed by atoms with E-state index < -0.39 is 0 Å². The highest BCUT2D eigenvalue weighted by atomic mass is 32.1. The Hall–Kier alpha value is -1.07. The highest BCUT2D eigenvalue weighted by Crippen LogP contribution is 2.23. The zero-order chi connectivity index (χ0) is 15.9. The summed E-state index contributed by atoms with van der Waals surface area (Å²) >= 11 is 1.83. The molecule has 0 fully saturated rings. The highest BCUT2D eigenvalue weighted by molar-refractivity contribution is 7.09. The van der Waals surface area contributed by atoms with Crippen LogP contribution >= 0.6 is 11.3 Å². The largest absolute Gasteiger partial charge is 0.409 e. The van der Waals surface area contributed by atoms with E-state index in [-0.39, 0.29) is 5.41 Å². The highest BCUT2D eigenvalue weighted by Gasteiger charge is 2.22. The molecule has 1 aromatic rings. The Labute approximate surface area is 132 Å². The van der Waals surface area contributed by atoms with Gasteiger partial charge in [-0.15, -0.1) is 11.3 Å². The number of nitrogens with two attached hydrogens (primary N) is 1. The maximum Gasteiger partial charge on any atom is 0.144 e. The number of likely N-dealkylation sites (N-methyl/N-ethyl adjacent to an activating group) is 1. The van der Waals surface area contributed by atoms with Crippen LogP contribution in [0.5, 0.6) is 0 Å². The van der Waals surface area contributed by atoms with Crippen LogP contribution in [0.15, 0.2) is 22.7 Å². The van der Waals surface area contributed by atoms with Crippen molar-refractivity contribution in [2.75, 3.05) is 13.6 Å². The SMILES string of the molecule is CC(Cc1cccs1)N(C)CCCCC(C)(C)/C(N)=N/O. The van der Waals surface area contributed by atoms with Gasteiger partial charge in [0.15, 0.2) is 0 Å². The molecule has 1 unspecified atom stereocenters. The smallest absolute Gasteiger partial charge is 0.144 e. The van der Waals surface area contributed by atoms with Gasteiger partial charge in [0.1, 0.15) is 5.84 Å². The summed E-state index contributed by atoms with van der Waals surface area (Å²) in [5.41, 5.74) is 5.48. The molecule has 0 bridgehead atoms. The molecule has 0 aromatic carbocycles. The third-order valence-corrected chi connectivity index (χ3v) is 5.09. The lowest BCUT2D eigenvalue weighted by Gasteiger charge is -2.26. The summed E-state index contributed by atoms with van der Waals surface area (Å²) in [6.07, 6.45) is 4.27. The van der Waals surface area contributed by atoms with Crippen LogP contribution < -0.4 is 5.73 Å². The lowest BCUT2D eigenvalue weighted by atomic mass is 9.86. The lowest BCUT2D eigenvalue weighted by molar-refractivity contribution is 0.247. The maximum absolute atomic E-state index is 8.77. The zero-order valence-electron chi connectivity index (χ0n) is 13.7. The summed E-state index contributed by atoms with van der Waals surface area (Å²) in [7, 11) is 2.19. The van der Waals surface area contributed by atoms with Crippen molar-refractivity contribution < 1.29 is 5.21 Å². The van der Waals surface area contributed by atoms with Gasteiger partial charge in [-0.3, -0.25) is 0 Å². The van der Waals surface area contributed by atoms with Crippen molar-refractivity contribution in [2.45, 2.75) is 52.5 Å². The second-order valence-corrected chi connectivity index (χ2v) is 7.47. The van der Waals surface area contributed by atoms with Crippen LogP contribution in [0.3, 0.4) is 0 Å². The average Bonchev–Trinajstić information content (AvgIpc) is 2.95. The first-order chi connectivity index (χ1) is 9.86. The molecule has 1 aromatic heterocycles. The molecule has 0 aliphatic carbocycles. The van der Waals surface area contributed by atoms with Crippen molar-refractivity contribution in [2.24, 2.45) is 16.3 Å². The zero-order valence-corrected chi connectivity index (χ0v) is 14.5. The molecule has 120 valence electrons. The molecule has 0 aliphatic rings. The van der Waals surface area contributed by atoms with Crippen LogP contribution in [-0.4, -0.2) is 35.6 Å². The van der Waals surface area contributed by atoms with Gasteiger partial charge in [-0.2, -0.15) is 0 Å². The number of thiophene rings is 1. The normalized spacial score (nSPS) is 14.6. The molecular formula is C16H29N3OS. The van der Waals surface area contributed by atoms with Crippen molar-refractivity contribution in [1.29, 1.82) is 0 Å². The summed E-state index contributed by atoms with van der Waals surface area (Å²) in [6, 6.07) is 4.87. The maximum atomic E-state index is 8.77. The summed E-state index contributed by atoms with van der Waals surface area (Å²) < 4.78 is 0. The van der Waals surface area contributed by atoms with Gasteiger partial charge in [0.05, 0.1) is 0 Å². The fourth-order valence-electron chi connectivity index (χ4n) is 2.29.